The van der Waals surface area contributed by atoms with Crippen molar-refractivity contribution in [3.05, 3.63) is 52.0 Å². The molecule has 1 aromatic heterocycles. The van der Waals surface area contributed by atoms with Gasteiger partial charge in [0.15, 0.2) is 0 Å². The minimum absolute atomic E-state index is 0.0986. The summed E-state index contributed by atoms with van der Waals surface area (Å²) < 4.78 is 18.8. The van der Waals surface area contributed by atoms with E-state index in [2.05, 4.69) is 4.90 Å². The van der Waals surface area contributed by atoms with Gasteiger partial charge in [0.05, 0.1) is 12.7 Å². The van der Waals surface area contributed by atoms with Crippen LogP contribution in [0, 0.1) is 5.82 Å². The predicted octanol–water partition coefficient (Wildman–Crippen LogP) is 3.24. The summed E-state index contributed by atoms with van der Waals surface area (Å²) in [5, 5.41) is 3.82. The van der Waals surface area contributed by atoms with Crippen molar-refractivity contribution in [2.24, 2.45) is 0 Å². The zero-order chi connectivity index (χ0) is 16.9. The second-order valence-corrected chi connectivity index (χ2v) is 6.67. The fourth-order valence-electron chi connectivity index (χ4n) is 3.01. The number of ether oxygens (including phenoxy) is 1. The van der Waals surface area contributed by atoms with Gasteiger partial charge < -0.3 is 9.64 Å². The van der Waals surface area contributed by atoms with Gasteiger partial charge in [-0.25, -0.2) is 4.39 Å². The number of halogens is 1. The molecule has 0 unspecified atom stereocenters. The lowest BCUT2D eigenvalue weighted by molar-refractivity contribution is 0.0761. The van der Waals surface area contributed by atoms with E-state index >= 15 is 0 Å². The normalized spacial score (nSPS) is 16.0. The van der Waals surface area contributed by atoms with E-state index in [1.807, 2.05) is 21.7 Å². The molecular weight excluding hydrogens is 327 g/mol. The summed E-state index contributed by atoms with van der Waals surface area (Å²) >= 11 is 1.54. The van der Waals surface area contributed by atoms with Crippen LogP contribution in [0.25, 0.3) is 0 Å². The maximum absolute atomic E-state index is 13.5. The Hall–Kier alpha value is -1.92. The molecule has 3 rings (SSSR count). The van der Waals surface area contributed by atoms with E-state index in [0.29, 0.717) is 18.8 Å². The van der Waals surface area contributed by atoms with Gasteiger partial charge in [0, 0.05) is 43.7 Å². The fourth-order valence-corrected chi connectivity index (χ4v) is 3.64. The summed E-state index contributed by atoms with van der Waals surface area (Å²) in [6.07, 6.45) is 0.910. The molecule has 0 atom stereocenters. The number of methoxy groups -OCH3 is 1. The smallest absolute Gasteiger partial charge is 0.254 e. The zero-order valence-corrected chi connectivity index (χ0v) is 14.5. The molecule has 1 amide bonds. The SMILES string of the molecule is COc1ccc(F)cc1CN1CCCN(C(=O)c2ccsc2)CC1. The van der Waals surface area contributed by atoms with E-state index in [1.54, 1.807) is 13.2 Å². The maximum atomic E-state index is 13.5. The van der Waals surface area contributed by atoms with Gasteiger partial charge >= 0.3 is 0 Å². The van der Waals surface area contributed by atoms with E-state index in [1.165, 1.54) is 23.5 Å². The molecule has 6 heteroatoms. The van der Waals surface area contributed by atoms with Gasteiger partial charge in [0.1, 0.15) is 11.6 Å². The number of benzene rings is 1. The molecule has 1 aliphatic heterocycles. The van der Waals surface area contributed by atoms with Crippen molar-refractivity contribution in [3.8, 4) is 5.75 Å². The Morgan fingerprint density at radius 3 is 2.88 bits per heavy atom. The van der Waals surface area contributed by atoms with Gasteiger partial charge in [-0.3, -0.25) is 9.69 Å². The van der Waals surface area contributed by atoms with Crippen LogP contribution < -0.4 is 4.74 Å². The minimum atomic E-state index is -0.255. The number of nitrogens with zero attached hydrogens (tertiary/aromatic N) is 2. The van der Waals surface area contributed by atoms with E-state index in [9.17, 15) is 9.18 Å². The van der Waals surface area contributed by atoms with Crippen LogP contribution in [0.2, 0.25) is 0 Å². The van der Waals surface area contributed by atoms with Crippen LogP contribution >= 0.6 is 11.3 Å². The molecule has 4 nitrogen and oxygen atoms in total. The summed E-state index contributed by atoms with van der Waals surface area (Å²) in [4.78, 5) is 16.6. The highest BCUT2D eigenvalue weighted by Crippen LogP contribution is 2.22. The summed E-state index contributed by atoms with van der Waals surface area (Å²) in [6.45, 7) is 3.72. The molecule has 2 aromatic rings. The van der Waals surface area contributed by atoms with E-state index in [4.69, 9.17) is 4.74 Å². The molecule has 1 aliphatic rings. The molecule has 1 aromatic carbocycles. The molecule has 0 spiro atoms. The van der Waals surface area contributed by atoms with Gasteiger partial charge in [-0.05, 0) is 36.1 Å². The number of hydrogen-bond acceptors (Lipinski definition) is 4. The number of amides is 1. The molecule has 0 N–H and O–H groups in total. The molecule has 24 heavy (non-hydrogen) atoms. The predicted molar refractivity (Wildman–Crippen MR) is 93.1 cm³/mol. The summed E-state index contributed by atoms with van der Waals surface area (Å²) in [5.74, 6) is 0.545. The average molecular weight is 348 g/mol. The van der Waals surface area contributed by atoms with Crippen molar-refractivity contribution in [2.45, 2.75) is 13.0 Å². The first-order valence-electron chi connectivity index (χ1n) is 8.03. The van der Waals surface area contributed by atoms with Crippen molar-refractivity contribution >= 4 is 17.2 Å². The van der Waals surface area contributed by atoms with Crippen LogP contribution in [0.5, 0.6) is 5.75 Å². The lowest BCUT2D eigenvalue weighted by atomic mass is 10.1. The highest BCUT2D eigenvalue weighted by molar-refractivity contribution is 7.08. The lowest BCUT2D eigenvalue weighted by Crippen LogP contribution is -2.34. The van der Waals surface area contributed by atoms with Crippen LogP contribution in [0.4, 0.5) is 4.39 Å². The van der Waals surface area contributed by atoms with Gasteiger partial charge in [-0.1, -0.05) is 0 Å². The zero-order valence-electron chi connectivity index (χ0n) is 13.7. The summed E-state index contributed by atoms with van der Waals surface area (Å²) in [7, 11) is 1.60. The van der Waals surface area contributed by atoms with E-state index in [-0.39, 0.29) is 11.7 Å². The highest BCUT2D eigenvalue weighted by Gasteiger charge is 2.21. The Morgan fingerprint density at radius 2 is 2.12 bits per heavy atom. The quantitative estimate of drug-likeness (QED) is 0.850. The van der Waals surface area contributed by atoms with Gasteiger partial charge in [0.25, 0.3) is 5.91 Å². The van der Waals surface area contributed by atoms with Gasteiger partial charge in [-0.2, -0.15) is 11.3 Å². The molecule has 0 radical (unpaired) electrons. The van der Waals surface area contributed by atoms with E-state index < -0.39 is 0 Å². The van der Waals surface area contributed by atoms with Gasteiger partial charge in [-0.15, -0.1) is 0 Å². The molecular formula is C18H21FN2O2S. The molecule has 0 bridgehead atoms. The number of hydrogen-bond donors (Lipinski definition) is 0. The molecule has 1 saturated heterocycles. The summed E-state index contributed by atoms with van der Waals surface area (Å²) in [5.41, 5.74) is 1.61. The van der Waals surface area contributed by atoms with Crippen LogP contribution in [0.15, 0.2) is 35.0 Å². The molecule has 0 aliphatic carbocycles. The van der Waals surface area contributed by atoms with Crippen molar-refractivity contribution in [1.82, 2.24) is 9.80 Å². The third-order valence-electron chi connectivity index (χ3n) is 4.28. The second-order valence-electron chi connectivity index (χ2n) is 5.89. The molecule has 1 fully saturated rings. The van der Waals surface area contributed by atoms with Crippen LogP contribution in [-0.2, 0) is 6.54 Å². The first-order valence-corrected chi connectivity index (χ1v) is 8.98. The lowest BCUT2D eigenvalue weighted by Gasteiger charge is -2.22. The number of carbonyl (C=O) groups is 1. The monoisotopic (exact) mass is 348 g/mol. The Labute approximate surface area is 145 Å². The first-order chi connectivity index (χ1) is 11.7. The van der Waals surface area contributed by atoms with E-state index in [0.717, 1.165) is 37.2 Å². The van der Waals surface area contributed by atoms with Crippen molar-refractivity contribution in [3.63, 3.8) is 0 Å². The third-order valence-corrected chi connectivity index (χ3v) is 4.96. The largest absolute Gasteiger partial charge is 0.496 e. The number of rotatable bonds is 4. The third kappa shape index (κ3) is 3.94. The Balaban J connectivity index is 1.64. The topological polar surface area (TPSA) is 32.8 Å². The van der Waals surface area contributed by atoms with Crippen molar-refractivity contribution < 1.29 is 13.9 Å². The van der Waals surface area contributed by atoms with Crippen molar-refractivity contribution in [1.29, 1.82) is 0 Å². The standard InChI is InChI=1S/C18H21FN2O2S/c1-23-17-4-3-16(19)11-15(17)12-20-6-2-7-21(9-8-20)18(22)14-5-10-24-13-14/h3-5,10-11,13H,2,6-9,12H2,1H3. The molecule has 2 heterocycles. The molecule has 0 saturated carbocycles. The number of thiophene rings is 1. The van der Waals surface area contributed by atoms with Crippen LogP contribution in [0.1, 0.15) is 22.3 Å². The Kier molecular flexibility index (Phi) is 5.48. The Bertz CT molecular complexity index is 690. The first kappa shape index (κ1) is 16.9. The van der Waals surface area contributed by atoms with Crippen molar-refractivity contribution in [2.75, 3.05) is 33.3 Å². The van der Waals surface area contributed by atoms with Crippen LogP contribution in [-0.4, -0.2) is 49.0 Å². The maximum Gasteiger partial charge on any atom is 0.254 e. The summed E-state index contributed by atoms with van der Waals surface area (Å²) in [6, 6.07) is 6.46. The average Bonchev–Trinajstić information content (AvgIpc) is 3.02. The second kappa shape index (κ2) is 7.77. The highest BCUT2D eigenvalue weighted by atomic mass is 32.1. The fraction of sp³-hybridized carbons (Fsp3) is 0.389. The van der Waals surface area contributed by atoms with Crippen LogP contribution in [0.3, 0.4) is 0 Å². The number of carbonyl (C=O) groups excluding carboxylic acids is 1. The minimum Gasteiger partial charge on any atom is -0.496 e. The Morgan fingerprint density at radius 1 is 1.25 bits per heavy atom. The molecule has 128 valence electrons. The van der Waals surface area contributed by atoms with Gasteiger partial charge in [0.2, 0.25) is 0 Å².